The average Bonchev–Trinajstić information content (AvgIpc) is 3.04. The molecule has 1 saturated heterocycles. The van der Waals surface area contributed by atoms with Crippen molar-refractivity contribution in [2.45, 2.75) is 26.3 Å². The second-order valence-corrected chi connectivity index (χ2v) is 7.91. The minimum absolute atomic E-state index is 0.0823. The number of ether oxygens (including phenoxy) is 1. The number of piperidine rings is 1. The van der Waals surface area contributed by atoms with Gasteiger partial charge in [-0.25, -0.2) is 4.98 Å². The van der Waals surface area contributed by atoms with Crippen LogP contribution in [0, 0.1) is 5.92 Å². The normalized spacial score (nSPS) is 20.1. The van der Waals surface area contributed by atoms with E-state index in [-0.39, 0.29) is 17.8 Å². The summed E-state index contributed by atoms with van der Waals surface area (Å²) in [6.45, 7) is 4.78. The van der Waals surface area contributed by atoms with Gasteiger partial charge in [-0.15, -0.1) is 11.3 Å². The highest BCUT2D eigenvalue weighted by Gasteiger charge is 2.31. The molecule has 7 heteroatoms. The maximum absolute atomic E-state index is 12.6. The lowest BCUT2D eigenvalue weighted by molar-refractivity contribution is -0.899. The number of likely N-dealkylation sites (tertiary alicyclic amines) is 1. The first-order valence-corrected chi connectivity index (χ1v) is 9.97. The van der Waals surface area contributed by atoms with Gasteiger partial charge in [0.05, 0.1) is 36.5 Å². The topological polar surface area (TPSA) is 63.9 Å². The molecule has 1 unspecified atom stereocenters. The molecule has 1 aliphatic heterocycles. The highest BCUT2D eigenvalue weighted by molar-refractivity contribution is 7.18. The molecule has 1 N–H and O–H groups in total. The number of benzene rings is 1. The Balaban J connectivity index is 1.54. The number of nitrogens with zero attached hydrogens (tertiary/aromatic N) is 2. The summed E-state index contributed by atoms with van der Waals surface area (Å²) in [6.07, 6.45) is 1.81. The molecule has 0 saturated carbocycles. The number of hydrogen-bond acceptors (Lipinski definition) is 5. The van der Waals surface area contributed by atoms with E-state index in [1.807, 2.05) is 38.2 Å². The highest BCUT2D eigenvalue weighted by atomic mass is 32.1. The van der Waals surface area contributed by atoms with Crippen molar-refractivity contribution in [2.24, 2.45) is 5.92 Å². The third kappa shape index (κ3) is 4.59. The fraction of sp³-hybridized carbons (Fsp3) is 0.526. The van der Waals surface area contributed by atoms with Crippen molar-refractivity contribution in [1.82, 2.24) is 9.88 Å². The molecule has 3 rings (SSSR count). The van der Waals surface area contributed by atoms with Crippen molar-refractivity contribution >= 4 is 33.4 Å². The monoisotopic (exact) mass is 376 g/mol. The van der Waals surface area contributed by atoms with Crippen LogP contribution in [0.4, 0.5) is 0 Å². The first-order valence-electron chi connectivity index (χ1n) is 9.15. The van der Waals surface area contributed by atoms with Gasteiger partial charge in [0, 0.05) is 7.05 Å². The van der Waals surface area contributed by atoms with E-state index in [1.165, 1.54) is 0 Å². The van der Waals surface area contributed by atoms with Crippen molar-refractivity contribution in [3.63, 3.8) is 0 Å². The van der Waals surface area contributed by atoms with E-state index in [0.717, 1.165) is 39.5 Å². The number of fused-ring (bicyclic) bond motifs is 1. The van der Waals surface area contributed by atoms with Crippen LogP contribution < -0.4 is 4.90 Å². The molecular weight excluding hydrogens is 350 g/mol. The lowest BCUT2D eigenvalue weighted by atomic mass is 9.98. The van der Waals surface area contributed by atoms with E-state index in [1.54, 1.807) is 16.2 Å². The number of rotatable bonds is 6. The predicted molar refractivity (Wildman–Crippen MR) is 101 cm³/mol. The van der Waals surface area contributed by atoms with Gasteiger partial charge in [0.25, 0.3) is 5.91 Å². The van der Waals surface area contributed by atoms with Gasteiger partial charge in [-0.3, -0.25) is 9.59 Å². The summed E-state index contributed by atoms with van der Waals surface area (Å²) >= 11 is 1.63. The number of para-hydroxylation sites is 1. The molecule has 2 heterocycles. The van der Waals surface area contributed by atoms with E-state index < -0.39 is 0 Å². The van der Waals surface area contributed by atoms with Gasteiger partial charge in [-0.05, 0) is 31.9 Å². The number of thiazole rings is 1. The van der Waals surface area contributed by atoms with Gasteiger partial charge in [-0.2, -0.15) is 0 Å². The summed E-state index contributed by atoms with van der Waals surface area (Å²) in [5.41, 5.74) is 0.979. The van der Waals surface area contributed by atoms with Crippen LogP contribution in [0.2, 0.25) is 0 Å². The zero-order valence-corrected chi connectivity index (χ0v) is 16.2. The molecule has 0 spiro atoms. The molecule has 0 bridgehead atoms. The molecule has 1 fully saturated rings. The van der Waals surface area contributed by atoms with E-state index in [9.17, 15) is 9.59 Å². The van der Waals surface area contributed by atoms with Gasteiger partial charge >= 0.3 is 5.97 Å². The number of esters is 1. The van der Waals surface area contributed by atoms with Crippen LogP contribution in [0.25, 0.3) is 10.2 Å². The lowest BCUT2D eigenvalue weighted by Gasteiger charge is -2.29. The molecule has 2 atom stereocenters. The van der Waals surface area contributed by atoms with Gasteiger partial charge in [0.1, 0.15) is 10.9 Å². The van der Waals surface area contributed by atoms with Crippen LogP contribution in [0.5, 0.6) is 0 Å². The highest BCUT2D eigenvalue weighted by Crippen LogP contribution is 2.22. The molecule has 0 aliphatic carbocycles. The summed E-state index contributed by atoms with van der Waals surface area (Å²) in [6, 6.07) is 8.01. The molecule has 6 nitrogen and oxygen atoms in total. The summed E-state index contributed by atoms with van der Waals surface area (Å²) in [7, 11) is 1.82. The molecule has 1 amide bonds. The molecule has 140 valence electrons. The number of aromatic nitrogens is 1. The number of carbonyl (C=O) groups is 2. The van der Waals surface area contributed by atoms with Crippen molar-refractivity contribution < 1.29 is 19.2 Å². The van der Waals surface area contributed by atoms with Crippen LogP contribution in [-0.2, 0) is 20.9 Å². The first-order chi connectivity index (χ1) is 12.6. The largest absolute Gasteiger partial charge is 0.466 e. The van der Waals surface area contributed by atoms with Crippen molar-refractivity contribution in [1.29, 1.82) is 0 Å². The Hall–Kier alpha value is -1.99. The van der Waals surface area contributed by atoms with Gasteiger partial charge < -0.3 is 14.5 Å². The molecule has 1 aromatic heterocycles. The SMILES string of the molecule is CCOC(=O)[C@@H]1CCC[NH+](CC(=O)N(C)Cc2nc3ccccc3s2)C1. The van der Waals surface area contributed by atoms with Gasteiger partial charge in [0.2, 0.25) is 0 Å². The minimum Gasteiger partial charge on any atom is -0.466 e. The number of amides is 1. The maximum atomic E-state index is 12.6. The second-order valence-electron chi connectivity index (χ2n) is 6.80. The Labute approximate surface area is 157 Å². The zero-order valence-electron chi connectivity index (χ0n) is 15.4. The Kier molecular flexibility index (Phi) is 6.21. The molecule has 2 aromatic rings. The number of nitrogens with one attached hydrogen (secondary N) is 1. The Morgan fingerprint density at radius 3 is 2.96 bits per heavy atom. The van der Waals surface area contributed by atoms with Crippen LogP contribution in [-0.4, -0.2) is 55.0 Å². The quantitative estimate of drug-likeness (QED) is 0.768. The second kappa shape index (κ2) is 8.60. The average molecular weight is 377 g/mol. The minimum atomic E-state index is -0.125. The summed E-state index contributed by atoms with van der Waals surface area (Å²) < 4.78 is 6.28. The van der Waals surface area contributed by atoms with Gasteiger partial charge in [0.15, 0.2) is 6.54 Å². The van der Waals surface area contributed by atoms with Crippen LogP contribution >= 0.6 is 11.3 Å². The molecule has 1 aromatic carbocycles. The van der Waals surface area contributed by atoms with Crippen LogP contribution in [0.15, 0.2) is 24.3 Å². The standard InChI is InChI=1S/C19H25N3O3S/c1-3-25-19(24)14-7-6-10-22(11-14)13-18(23)21(2)12-17-20-15-8-4-5-9-16(15)26-17/h4-5,8-9,14H,3,6-7,10-13H2,1-2H3/p+1/t14-/m1/s1. The third-order valence-electron chi connectivity index (χ3n) is 4.78. The molecule has 26 heavy (non-hydrogen) atoms. The number of quaternary nitrogens is 1. The number of likely N-dealkylation sites (N-methyl/N-ethyl adjacent to an activating group) is 1. The van der Waals surface area contributed by atoms with Crippen LogP contribution in [0.1, 0.15) is 24.8 Å². The van der Waals surface area contributed by atoms with Crippen molar-refractivity contribution in [3.05, 3.63) is 29.3 Å². The predicted octanol–water partition coefficient (Wildman–Crippen LogP) is 1.11. The fourth-order valence-electron chi connectivity index (χ4n) is 3.40. The van der Waals surface area contributed by atoms with E-state index >= 15 is 0 Å². The van der Waals surface area contributed by atoms with Gasteiger partial charge in [-0.1, -0.05) is 12.1 Å². The lowest BCUT2D eigenvalue weighted by Crippen LogP contribution is -3.14. The Bertz CT molecular complexity index is 743. The fourth-order valence-corrected chi connectivity index (χ4v) is 4.42. The molecule has 1 aliphatic rings. The van der Waals surface area contributed by atoms with E-state index in [2.05, 4.69) is 4.98 Å². The van der Waals surface area contributed by atoms with E-state index in [0.29, 0.717) is 26.2 Å². The maximum Gasteiger partial charge on any atom is 0.314 e. The third-order valence-corrected chi connectivity index (χ3v) is 5.80. The molecular formula is C19H26N3O3S+. The zero-order chi connectivity index (χ0) is 18.5. The smallest absolute Gasteiger partial charge is 0.314 e. The van der Waals surface area contributed by atoms with Crippen LogP contribution in [0.3, 0.4) is 0 Å². The molecule has 0 radical (unpaired) electrons. The summed E-state index contributed by atoms with van der Waals surface area (Å²) in [4.78, 5) is 32.0. The number of hydrogen-bond donors (Lipinski definition) is 1. The Morgan fingerprint density at radius 2 is 2.19 bits per heavy atom. The van der Waals surface area contributed by atoms with Crippen molar-refractivity contribution in [2.75, 3.05) is 33.3 Å². The first kappa shape index (κ1) is 18.8. The summed E-state index contributed by atoms with van der Waals surface area (Å²) in [5, 5.41) is 0.945. The van der Waals surface area contributed by atoms with Crippen molar-refractivity contribution in [3.8, 4) is 0 Å². The number of carbonyl (C=O) groups excluding carboxylic acids is 2. The Morgan fingerprint density at radius 1 is 1.38 bits per heavy atom. The van der Waals surface area contributed by atoms with E-state index in [4.69, 9.17) is 4.74 Å². The summed E-state index contributed by atoms with van der Waals surface area (Å²) in [5.74, 6) is -0.121.